The van der Waals surface area contributed by atoms with Crippen LogP contribution in [0.2, 0.25) is 0 Å². The Bertz CT molecular complexity index is 2020. The van der Waals surface area contributed by atoms with Crippen molar-refractivity contribution in [2.75, 3.05) is 0 Å². The van der Waals surface area contributed by atoms with Gasteiger partial charge in [0.1, 0.15) is 11.4 Å². The molecule has 0 N–H and O–H groups in total. The summed E-state index contributed by atoms with van der Waals surface area (Å²) in [5.74, 6) is -3.56. The molecule has 0 aliphatic carbocycles. The molecule has 4 aromatic heterocycles. The number of halogens is 6. The second kappa shape index (κ2) is 14.8. The average molecular weight is 927 g/mol. The molecule has 0 spiro atoms. The minimum atomic E-state index is -5.01. The fraction of sp³-hybridized carbons (Fsp3) is 0.297. The van der Waals surface area contributed by atoms with Crippen molar-refractivity contribution >= 4 is 8.22 Å². The molecule has 278 valence electrons. The Labute approximate surface area is 317 Å². The number of rotatable bonds is 7. The van der Waals surface area contributed by atoms with E-state index >= 15 is 0 Å². The molecule has 0 amide bonds. The van der Waals surface area contributed by atoms with Crippen LogP contribution >= 0.6 is 8.22 Å². The first-order chi connectivity index (χ1) is 24.3. The summed E-state index contributed by atoms with van der Waals surface area (Å²) >= 11 is 0. The monoisotopic (exact) mass is 928 g/mol. The molecule has 16 heteroatoms. The maximum atomic E-state index is 14.6. The van der Waals surface area contributed by atoms with Crippen LogP contribution in [0.15, 0.2) is 97.3 Å². The average Bonchev–Trinajstić information content (AvgIpc) is 3.74. The third-order valence-electron chi connectivity index (χ3n) is 8.25. The third kappa shape index (κ3) is 8.58. The minimum absolute atomic E-state index is 0. The molecule has 0 aliphatic heterocycles. The predicted octanol–water partition coefficient (Wildman–Crippen LogP) is 10.1. The van der Waals surface area contributed by atoms with E-state index in [1.165, 1.54) is 12.4 Å². The van der Waals surface area contributed by atoms with Gasteiger partial charge >= 0.3 is 12.4 Å². The van der Waals surface area contributed by atoms with Gasteiger partial charge in [0.2, 0.25) is 0 Å². The smallest absolute Gasteiger partial charge is 0.253 e. The van der Waals surface area contributed by atoms with Gasteiger partial charge < -0.3 is 0 Å². The molecule has 2 aromatic carbocycles. The van der Waals surface area contributed by atoms with E-state index in [-0.39, 0.29) is 42.8 Å². The Morgan fingerprint density at radius 2 is 0.906 bits per heavy atom. The van der Waals surface area contributed by atoms with E-state index in [1.807, 2.05) is 41.5 Å². The van der Waals surface area contributed by atoms with Gasteiger partial charge in [-0.3, -0.25) is 9.97 Å². The van der Waals surface area contributed by atoms with Crippen LogP contribution in [0.3, 0.4) is 0 Å². The van der Waals surface area contributed by atoms with Gasteiger partial charge in [-0.25, -0.2) is 9.97 Å². The molecule has 6 rings (SSSR count). The van der Waals surface area contributed by atoms with Crippen LogP contribution in [-0.2, 0) is 43.0 Å². The summed E-state index contributed by atoms with van der Waals surface area (Å²) in [7, 11) is -2.58. The molecule has 0 unspecified atom stereocenters. The minimum Gasteiger partial charge on any atom is -0.253 e. The molecule has 8 nitrogen and oxygen atoms in total. The van der Waals surface area contributed by atoms with Gasteiger partial charge in [0.25, 0.3) is 11.6 Å². The standard InChI is InChI=1S/C37H35F6N8P.Os/c1-34(2,3)25-17-19-44-27(21-25)30-46-32(36(38,39)40)48-50(30)52(29(23-13-9-7-10-14-23)24-15-11-8-12-16-24)51-31(47-33(49-51)37(41,42)43)28-22-26(18-20-45-28)35(4,5)6;/h7-22,29H,1-6H3;. The van der Waals surface area contributed by atoms with Crippen molar-refractivity contribution in [2.45, 2.75) is 70.4 Å². The first-order valence-corrected chi connectivity index (χ1v) is 17.6. The molecule has 0 fully saturated rings. The van der Waals surface area contributed by atoms with Crippen LogP contribution in [0, 0.1) is 0 Å². The number of pyridine rings is 2. The van der Waals surface area contributed by atoms with Crippen molar-refractivity contribution in [3.63, 3.8) is 0 Å². The summed E-state index contributed by atoms with van der Waals surface area (Å²) in [4.78, 5) is 16.8. The van der Waals surface area contributed by atoms with Crippen LogP contribution in [0.4, 0.5) is 26.3 Å². The van der Waals surface area contributed by atoms with Gasteiger partial charge in [0.05, 0.1) is 5.66 Å². The molecule has 0 aliphatic rings. The summed E-state index contributed by atoms with van der Waals surface area (Å²) in [5.41, 5.74) is 0.977. The van der Waals surface area contributed by atoms with Crippen LogP contribution in [0.5, 0.6) is 0 Å². The van der Waals surface area contributed by atoms with Crippen LogP contribution in [0.1, 0.15) is 81.1 Å². The van der Waals surface area contributed by atoms with Crippen molar-refractivity contribution in [3.05, 3.63) is 131 Å². The second-order valence-corrected chi connectivity index (χ2v) is 16.1. The van der Waals surface area contributed by atoms with Gasteiger partial charge in [-0.2, -0.15) is 35.2 Å². The van der Waals surface area contributed by atoms with Gasteiger partial charge in [-0.05, 0) is 57.3 Å². The third-order valence-corrected chi connectivity index (χ3v) is 10.6. The van der Waals surface area contributed by atoms with Crippen LogP contribution in [-0.4, -0.2) is 39.0 Å². The van der Waals surface area contributed by atoms with Crippen LogP contribution in [0.25, 0.3) is 23.0 Å². The number of hydrogen-bond donors (Lipinski definition) is 0. The molecular formula is C37H35F6N8OsP. The molecule has 0 atom stereocenters. The number of hydrogen-bond acceptors (Lipinski definition) is 6. The summed E-state index contributed by atoms with van der Waals surface area (Å²) in [6.45, 7) is 11.6. The number of nitrogens with zero attached hydrogens (tertiary/aromatic N) is 8. The van der Waals surface area contributed by atoms with E-state index in [2.05, 4.69) is 30.1 Å². The van der Waals surface area contributed by atoms with E-state index < -0.39 is 48.7 Å². The SMILES string of the molecule is CC(C)(C)c1ccnc(-c2nc(C(F)(F)F)nn2P(C(c2ccccc2)c2ccccc2)n2nc(C(F)(F)F)nc2-c2cc(C(C)(C)C)ccn2)c1.[Os]. The summed E-state index contributed by atoms with van der Waals surface area (Å²) < 4.78 is 89.6. The van der Waals surface area contributed by atoms with Crippen molar-refractivity contribution in [1.29, 1.82) is 0 Å². The predicted molar refractivity (Wildman–Crippen MR) is 186 cm³/mol. The topological polar surface area (TPSA) is 87.2 Å². The quantitative estimate of drug-likeness (QED) is 0.117. The number of alkyl halides is 6. The molecule has 0 saturated heterocycles. The number of benzene rings is 2. The molecule has 6 aromatic rings. The maximum absolute atomic E-state index is 14.6. The van der Waals surface area contributed by atoms with E-state index in [0.717, 1.165) is 20.0 Å². The largest absolute Gasteiger partial charge is 0.453 e. The Morgan fingerprint density at radius 3 is 1.23 bits per heavy atom. The van der Waals surface area contributed by atoms with Gasteiger partial charge in [-0.15, -0.1) is 10.2 Å². The van der Waals surface area contributed by atoms with Crippen molar-refractivity contribution in [2.24, 2.45) is 0 Å². The summed E-state index contributed by atoms with van der Waals surface area (Å²) in [6.07, 6.45) is -7.10. The normalized spacial score (nSPS) is 12.7. The number of aromatic nitrogens is 8. The zero-order chi connectivity index (χ0) is 37.6. The van der Waals surface area contributed by atoms with Crippen molar-refractivity contribution in [3.8, 4) is 23.0 Å². The molecule has 53 heavy (non-hydrogen) atoms. The summed E-state index contributed by atoms with van der Waals surface area (Å²) in [5, 5.41) is 8.08. The van der Waals surface area contributed by atoms with E-state index in [4.69, 9.17) is 0 Å². The Morgan fingerprint density at radius 1 is 0.547 bits per heavy atom. The van der Waals surface area contributed by atoms with Crippen molar-refractivity contribution in [1.82, 2.24) is 39.0 Å². The fourth-order valence-corrected chi connectivity index (χ4v) is 8.03. The van der Waals surface area contributed by atoms with E-state index in [1.54, 1.807) is 84.9 Å². The molecule has 4 heterocycles. The molecule has 0 saturated carbocycles. The fourth-order valence-electron chi connectivity index (χ4n) is 5.52. The first kappa shape index (κ1) is 39.9. The second-order valence-electron chi connectivity index (χ2n) is 14.2. The van der Waals surface area contributed by atoms with Crippen molar-refractivity contribution < 1.29 is 46.1 Å². The van der Waals surface area contributed by atoms with E-state index in [9.17, 15) is 26.3 Å². The first-order valence-electron chi connectivity index (χ1n) is 16.2. The molecule has 0 bridgehead atoms. The molecular weight excluding hydrogens is 892 g/mol. The Balaban J connectivity index is 0.00000541. The maximum Gasteiger partial charge on any atom is 0.453 e. The Kier molecular flexibility index (Phi) is 11.2. The Hall–Kier alpha value is -4.33. The van der Waals surface area contributed by atoms with Crippen LogP contribution < -0.4 is 0 Å². The van der Waals surface area contributed by atoms with E-state index in [0.29, 0.717) is 11.1 Å². The van der Waals surface area contributed by atoms with Gasteiger partial charge in [0, 0.05) is 32.2 Å². The van der Waals surface area contributed by atoms with Gasteiger partial charge in [-0.1, -0.05) is 102 Å². The van der Waals surface area contributed by atoms with Gasteiger partial charge in [0.15, 0.2) is 19.9 Å². The zero-order valence-corrected chi connectivity index (χ0v) is 32.9. The molecule has 0 radical (unpaired) electrons. The zero-order valence-electron chi connectivity index (χ0n) is 29.5. The summed E-state index contributed by atoms with van der Waals surface area (Å²) in [6, 6.07) is 24.3.